The molecule has 2 aliphatic carbocycles. The molecule has 0 saturated heterocycles. The van der Waals surface area contributed by atoms with Gasteiger partial charge in [-0.15, -0.1) is 0 Å². The number of fused-ring (bicyclic) bond motifs is 21. The van der Waals surface area contributed by atoms with Crippen molar-refractivity contribution in [2.24, 2.45) is 0 Å². The van der Waals surface area contributed by atoms with Crippen LogP contribution in [0.3, 0.4) is 0 Å². The van der Waals surface area contributed by atoms with Gasteiger partial charge in [0.05, 0.1) is 22.2 Å². The molecule has 0 N–H and O–H groups in total. The van der Waals surface area contributed by atoms with Crippen molar-refractivity contribution in [3.8, 4) is 56.4 Å². The van der Waals surface area contributed by atoms with Crippen LogP contribution in [0.1, 0.15) is 97.2 Å². The highest BCUT2D eigenvalue weighted by Crippen LogP contribution is 2.67. The van der Waals surface area contributed by atoms with Crippen molar-refractivity contribution in [2.45, 2.75) is 63.2 Å². The van der Waals surface area contributed by atoms with E-state index in [2.05, 4.69) is 277 Å². The van der Waals surface area contributed by atoms with Crippen LogP contribution in [0.4, 0.5) is 17.1 Å². The molecule has 4 aliphatic rings. The third kappa shape index (κ3) is 6.27. The second-order valence-electron chi connectivity index (χ2n) is 24.3. The normalized spacial score (nSPS) is 14.5. The monoisotopic (exact) mass is 1030 g/mol. The van der Waals surface area contributed by atoms with Gasteiger partial charge in [0, 0.05) is 49.8 Å². The predicted molar refractivity (Wildman–Crippen MR) is 326 cm³/mol. The molecule has 0 amide bonds. The Hall–Kier alpha value is -9.38. The molecule has 0 radical (unpaired) electrons. The fraction of sp³-hybridized carbons (Fsp3) is 0.132. The van der Waals surface area contributed by atoms with E-state index in [1.165, 1.54) is 55.6 Å². The molecule has 11 aromatic carbocycles. The van der Waals surface area contributed by atoms with Crippen molar-refractivity contribution in [1.29, 1.82) is 0 Å². The minimum Gasteiger partial charge on any atom is -0.457 e. The lowest BCUT2D eigenvalue weighted by atomic mass is 9.64. The quantitative estimate of drug-likeness (QED) is 0.176. The number of hydrogen-bond donors (Lipinski definition) is 0. The minimum absolute atomic E-state index is 0.103. The summed E-state index contributed by atoms with van der Waals surface area (Å²) in [5.74, 6) is 3.32. The lowest BCUT2D eigenvalue weighted by Gasteiger charge is -2.42. The Morgan fingerprint density at radius 2 is 0.800 bits per heavy atom. The summed E-state index contributed by atoms with van der Waals surface area (Å²) >= 11 is 0. The smallest absolute Gasteiger partial charge is 0.156 e. The molecular formula is C76H57NO3. The molecule has 0 unspecified atom stereocenters. The molecule has 12 aromatic rings. The molecule has 0 saturated carbocycles. The first kappa shape index (κ1) is 46.7. The van der Waals surface area contributed by atoms with E-state index < -0.39 is 10.8 Å². The lowest BCUT2D eigenvalue weighted by Crippen LogP contribution is -2.33. The summed E-state index contributed by atoms with van der Waals surface area (Å²) in [7, 11) is 0. The molecule has 2 spiro atoms. The van der Waals surface area contributed by atoms with Crippen molar-refractivity contribution < 1.29 is 13.9 Å². The van der Waals surface area contributed by atoms with Gasteiger partial charge in [0.1, 0.15) is 28.4 Å². The molecule has 3 heterocycles. The molecule has 16 rings (SSSR count). The van der Waals surface area contributed by atoms with Crippen molar-refractivity contribution >= 4 is 39.0 Å². The maximum Gasteiger partial charge on any atom is 0.156 e. The zero-order chi connectivity index (χ0) is 53.9. The fourth-order valence-electron chi connectivity index (χ4n) is 14.3. The van der Waals surface area contributed by atoms with E-state index in [1.807, 2.05) is 6.07 Å². The Kier molecular flexibility index (Phi) is 9.68. The van der Waals surface area contributed by atoms with Crippen molar-refractivity contribution in [3.63, 3.8) is 0 Å². The van der Waals surface area contributed by atoms with Crippen molar-refractivity contribution in [3.05, 3.63) is 292 Å². The highest BCUT2D eigenvalue weighted by Gasteiger charge is 2.54. The SMILES string of the molecule is CC(C)(C)c1ccc2c(c1)C1(c3ccccc3Oc3c(N(c4ccc5c(c4)C4(c6ccccc6O5)c5ccccc5-c5ccccc54)c4ccccc4-c4cccc5c4oc4ccccc45)cccc31)c1cc(C(C)(C)C)ccc1-2. The van der Waals surface area contributed by atoms with E-state index in [1.54, 1.807) is 0 Å². The predicted octanol–water partition coefficient (Wildman–Crippen LogP) is 20.3. The maximum atomic E-state index is 7.66. The van der Waals surface area contributed by atoms with Gasteiger partial charge in [-0.25, -0.2) is 0 Å². The molecule has 1 aromatic heterocycles. The second-order valence-corrected chi connectivity index (χ2v) is 24.3. The van der Waals surface area contributed by atoms with Crippen LogP contribution in [0.5, 0.6) is 23.0 Å². The number of benzene rings is 11. The second kappa shape index (κ2) is 16.6. The zero-order valence-electron chi connectivity index (χ0n) is 45.7. The number of anilines is 3. The van der Waals surface area contributed by atoms with E-state index >= 15 is 0 Å². The Morgan fingerprint density at radius 3 is 1.46 bits per heavy atom. The number of nitrogens with zero attached hydrogens (tertiary/aromatic N) is 1. The van der Waals surface area contributed by atoms with Gasteiger partial charge in [-0.3, -0.25) is 0 Å². The lowest BCUT2D eigenvalue weighted by molar-refractivity contribution is 0.436. The number of furan rings is 1. The van der Waals surface area contributed by atoms with Crippen molar-refractivity contribution in [1.82, 2.24) is 0 Å². The summed E-state index contributed by atoms with van der Waals surface area (Å²) in [6.07, 6.45) is 0. The van der Waals surface area contributed by atoms with Crippen LogP contribution in [0.2, 0.25) is 0 Å². The van der Waals surface area contributed by atoms with E-state index in [0.29, 0.717) is 0 Å². The topological polar surface area (TPSA) is 34.8 Å². The van der Waals surface area contributed by atoms with E-state index in [0.717, 1.165) is 95.4 Å². The third-order valence-electron chi connectivity index (χ3n) is 17.9. The van der Waals surface area contributed by atoms with Gasteiger partial charge in [-0.05, 0) is 115 Å². The van der Waals surface area contributed by atoms with Gasteiger partial charge < -0.3 is 18.8 Å². The van der Waals surface area contributed by atoms with E-state index in [-0.39, 0.29) is 10.8 Å². The summed E-state index contributed by atoms with van der Waals surface area (Å²) in [4.78, 5) is 2.45. The summed E-state index contributed by atoms with van der Waals surface area (Å²) in [5, 5.41) is 2.17. The van der Waals surface area contributed by atoms with Gasteiger partial charge in [0.15, 0.2) is 5.75 Å². The van der Waals surface area contributed by atoms with Crippen LogP contribution in [0.15, 0.2) is 241 Å². The van der Waals surface area contributed by atoms with Gasteiger partial charge in [-0.1, -0.05) is 230 Å². The fourth-order valence-corrected chi connectivity index (χ4v) is 14.3. The average Bonchev–Trinajstić information content (AvgIpc) is 2.51. The van der Waals surface area contributed by atoms with Crippen molar-refractivity contribution in [2.75, 3.05) is 4.90 Å². The van der Waals surface area contributed by atoms with Crippen LogP contribution < -0.4 is 14.4 Å². The summed E-state index contributed by atoms with van der Waals surface area (Å²) in [5.41, 5.74) is 21.9. The van der Waals surface area contributed by atoms with Crippen LogP contribution >= 0.6 is 0 Å². The minimum atomic E-state index is -0.743. The number of hydrogen-bond acceptors (Lipinski definition) is 4. The molecule has 4 heteroatoms. The number of para-hydroxylation sites is 6. The van der Waals surface area contributed by atoms with Crippen LogP contribution in [0, 0.1) is 0 Å². The Morgan fingerprint density at radius 1 is 0.325 bits per heavy atom. The van der Waals surface area contributed by atoms with Gasteiger partial charge in [-0.2, -0.15) is 0 Å². The zero-order valence-corrected chi connectivity index (χ0v) is 45.7. The number of rotatable bonds is 4. The third-order valence-corrected chi connectivity index (χ3v) is 17.9. The maximum absolute atomic E-state index is 7.66. The Balaban J connectivity index is 1.02. The Labute approximate surface area is 467 Å². The largest absolute Gasteiger partial charge is 0.457 e. The molecule has 0 atom stereocenters. The first-order chi connectivity index (χ1) is 38.9. The molecule has 2 aliphatic heterocycles. The first-order valence-corrected chi connectivity index (χ1v) is 28.1. The molecule has 0 fully saturated rings. The highest BCUT2D eigenvalue weighted by atomic mass is 16.5. The summed E-state index contributed by atoms with van der Waals surface area (Å²) in [6, 6.07) is 87.1. The van der Waals surface area contributed by atoms with E-state index in [4.69, 9.17) is 13.9 Å². The molecular weight excluding hydrogens is 975 g/mol. The average molecular weight is 1030 g/mol. The summed E-state index contributed by atoms with van der Waals surface area (Å²) in [6.45, 7) is 13.9. The standard InChI is InChI=1S/C76H57NO3/c1-73(2,3)46-37-40-51-52-41-38-47(74(4,5)6)44-63(52)76(62(51)43-46)60-30-14-18-36-69(60)80-72-61(76)31-20-33-66(72)77(65-32-15-9-23-53(65)55-25-19-26-56-54-24-10-16-34-67(54)79-71(55)56)48-39-42-70-64(45-48)75(59-29-13-17-35-68(59)78-70)57-27-11-7-21-49(57)50-22-8-12-28-58(50)75/h7-45H,1-6H3. The number of ether oxygens (including phenoxy) is 2. The molecule has 4 nitrogen and oxygen atoms in total. The molecule has 384 valence electrons. The molecule has 0 bridgehead atoms. The van der Waals surface area contributed by atoms with Gasteiger partial charge in [0.2, 0.25) is 0 Å². The molecule has 80 heavy (non-hydrogen) atoms. The van der Waals surface area contributed by atoms with Gasteiger partial charge >= 0.3 is 0 Å². The highest BCUT2D eigenvalue weighted by molar-refractivity contribution is 6.11. The van der Waals surface area contributed by atoms with E-state index in [9.17, 15) is 0 Å². The Bertz CT molecular complexity index is 4490. The van der Waals surface area contributed by atoms with Gasteiger partial charge in [0.25, 0.3) is 0 Å². The summed E-state index contributed by atoms with van der Waals surface area (Å²) < 4.78 is 21.6. The van der Waals surface area contributed by atoms with Crippen LogP contribution in [-0.4, -0.2) is 0 Å². The first-order valence-electron chi connectivity index (χ1n) is 28.1. The van der Waals surface area contributed by atoms with Crippen LogP contribution in [-0.2, 0) is 21.7 Å². The van der Waals surface area contributed by atoms with Crippen LogP contribution in [0.25, 0.3) is 55.3 Å².